The Balaban J connectivity index is 1.95. The van der Waals surface area contributed by atoms with Crippen LogP contribution in [0.4, 0.5) is 0 Å². The quantitative estimate of drug-likeness (QED) is 0.615. The van der Waals surface area contributed by atoms with Gasteiger partial charge in [0.25, 0.3) is 0 Å². The monoisotopic (exact) mass is 368 g/mol. The Bertz CT molecular complexity index is 916. The van der Waals surface area contributed by atoms with Gasteiger partial charge in [0, 0.05) is 22.3 Å². The highest BCUT2D eigenvalue weighted by Gasteiger charge is 2.42. The molecule has 2 heterocycles. The number of likely N-dealkylation sites (tertiary alicyclic amines) is 1. The van der Waals surface area contributed by atoms with Crippen molar-refractivity contribution < 1.29 is 14.3 Å². The van der Waals surface area contributed by atoms with Crippen molar-refractivity contribution in [1.82, 2.24) is 9.88 Å². The van der Waals surface area contributed by atoms with Gasteiger partial charge < -0.3 is 9.64 Å². The number of amides is 1. The number of halogens is 1. The Morgan fingerprint density at radius 1 is 1.35 bits per heavy atom. The van der Waals surface area contributed by atoms with E-state index in [1.54, 1.807) is 31.3 Å². The summed E-state index contributed by atoms with van der Waals surface area (Å²) in [4.78, 5) is 31.2. The van der Waals surface area contributed by atoms with Gasteiger partial charge in [-0.15, -0.1) is 5.92 Å². The smallest absolute Gasteiger partial charge is 0.238 e. The summed E-state index contributed by atoms with van der Waals surface area (Å²) in [5.74, 6) is 4.61. The molecule has 0 saturated carbocycles. The van der Waals surface area contributed by atoms with E-state index >= 15 is 0 Å². The van der Waals surface area contributed by atoms with Crippen LogP contribution in [0.25, 0.3) is 0 Å². The van der Waals surface area contributed by atoms with Crippen LogP contribution in [0.15, 0.2) is 36.5 Å². The SMILES string of the molecule is CC#Cc1cc(Cl)c(C2C(=O)CN(Cc3ccccn3)C2=O)c(OC)c1. The summed E-state index contributed by atoms with van der Waals surface area (Å²) < 4.78 is 5.39. The highest BCUT2D eigenvalue weighted by atomic mass is 35.5. The van der Waals surface area contributed by atoms with Crippen molar-refractivity contribution in [3.05, 3.63) is 58.4 Å². The second-order valence-electron chi connectivity index (χ2n) is 5.86. The molecule has 5 nitrogen and oxygen atoms in total. The molecule has 0 bridgehead atoms. The number of hydrogen-bond acceptors (Lipinski definition) is 4. The molecule has 0 aliphatic carbocycles. The molecular weight excluding hydrogens is 352 g/mol. The van der Waals surface area contributed by atoms with Crippen LogP contribution in [-0.4, -0.2) is 35.2 Å². The first kappa shape index (κ1) is 18.0. The van der Waals surface area contributed by atoms with Gasteiger partial charge in [0.15, 0.2) is 5.78 Å². The maximum atomic E-state index is 12.9. The number of Topliss-reactive ketones (excluding diaryl/α,β-unsaturated/α-hetero) is 1. The number of ether oxygens (including phenoxy) is 1. The van der Waals surface area contributed by atoms with E-state index in [-0.39, 0.29) is 24.8 Å². The molecule has 0 radical (unpaired) electrons. The van der Waals surface area contributed by atoms with E-state index in [1.165, 1.54) is 12.0 Å². The third-order valence-electron chi connectivity index (χ3n) is 4.18. The molecule has 3 rings (SSSR count). The third-order valence-corrected chi connectivity index (χ3v) is 4.49. The molecule has 1 aromatic heterocycles. The minimum absolute atomic E-state index is 0.0239. The molecule has 2 aromatic rings. The second kappa shape index (κ2) is 7.59. The van der Waals surface area contributed by atoms with Crippen LogP contribution in [0, 0.1) is 11.8 Å². The van der Waals surface area contributed by atoms with Crippen molar-refractivity contribution in [1.29, 1.82) is 0 Å². The minimum Gasteiger partial charge on any atom is -0.496 e. The fourth-order valence-electron chi connectivity index (χ4n) is 3.04. The topological polar surface area (TPSA) is 59.5 Å². The molecule has 1 atom stereocenters. The summed E-state index contributed by atoms with van der Waals surface area (Å²) in [7, 11) is 1.48. The lowest BCUT2D eigenvalue weighted by Gasteiger charge is -2.17. The zero-order chi connectivity index (χ0) is 18.7. The van der Waals surface area contributed by atoms with Crippen LogP contribution >= 0.6 is 11.6 Å². The number of ketones is 1. The summed E-state index contributed by atoms with van der Waals surface area (Å²) in [5, 5.41) is 0.300. The standard InChI is InChI=1S/C20H17ClN2O3/c1-3-6-13-9-15(21)18(17(10-13)26-2)19-16(24)12-23(20(19)25)11-14-7-4-5-8-22-14/h4-5,7-10,19H,11-12H2,1-2H3. The van der Waals surface area contributed by atoms with Gasteiger partial charge in [0.1, 0.15) is 11.7 Å². The lowest BCUT2D eigenvalue weighted by Crippen LogP contribution is -2.26. The largest absolute Gasteiger partial charge is 0.496 e. The van der Waals surface area contributed by atoms with E-state index in [0.29, 0.717) is 21.9 Å². The lowest BCUT2D eigenvalue weighted by atomic mass is 9.94. The second-order valence-corrected chi connectivity index (χ2v) is 6.27. The molecule has 1 unspecified atom stereocenters. The Kier molecular flexibility index (Phi) is 5.24. The number of rotatable bonds is 4. The fourth-order valence-corrected chi connectivity index (χ4v) is 3.36. The first-order valence-corrected chi connectivity index (χ1v) is 8.44. The third kappa shape index (κ3) is 3.42. The molecule has 1 saturated heterocycles. The van der Waals surface area contributed by atoms with Gasteiger partial charge >= 0.3 is 0 Å². The highest BCUT2D eigenvalue weighted by Crippen LogP contribution is 2.38. The van der Waals surface area contributed by atoms with E-state index in [1.807, 2.05) is 12.1 Å². The summed E-state index contributed by atoms with van der Waals surface area (Å²) in [6.45, 7) is 2.02. The predicted octanol–water partition coefficient (Wildman–Crippen LogP) is 2.81. The molecule has 1 aromatic carbocycles. The van der Waals surface area contributed by atoms with Crippen LogP contribution in [0.2, 0.25) is 5.02 Å². The van der Waals surface area contributed by atoms with Gasteiger partial charge in [-0.3, -0.25) is 14.6 Å². The van der Waals surface area contributed by atoms with E-state index in [0.717, 1.165) is 5.69 Å². The predicted molar refractivity (Wildman–Crippen MR) is 98.0 cm³/mol. The molecule has 1 amide bonds. The summed E-state index contributed by atoms with van der Waals surface area (Å²) in [5.41, 5.74) is 1.79. The maximum Gasteiger partial charge on any atom is 0.238 e. The van der Waals surface area contributed by atoms with Gasteiger partial charge in [-0.2, -0.15) is 0 Å². The van der Waals surface area contributed by atoms with Gasteiger partial charge in [-0.25, -0.2) is 0 Å². The van der Waals surface area contributed by atoms with Gasteiger partial charge in [0.05, 0.1) is 25.9 Å². The van der Waals surface area contributed by atoms with Crippen LogP contribution in [-0.2, 0) is 16.1 Å². The van der Waals surface area contributed by atoms with Crippen LogP contribution in [0.5, 0.6) is 5.75 Å². The zero-order valence-corrected chi connectivity index (χ0v) is 15.2. The number of benzene rings is 1. The number of hydrogen-bond donors (Lipinski definition) is 0. The Morgan fingerprint density at radius 3 is 2.81 bits per heavy atom. The number of methoxy groups -OCH3 is 1. The molecule has 0 spiro atoms. The molecule has 1 aliphatic rings. The average molecular weight is 369 g/mol. The summed E-state index contributed by atoms with van der Waals surface area (Å²) in [6.07, 6.45) is 1.66. The van der Waals surface area contributed by atoms with E-state index in [4.69, 9.17) is 16.3 Å². The van der Waals surface area contributed by atoms with Crippen molar-refractivity contribution in [2.75, 3.05) is 13.7 Å². The van der Waals surface area contributed by atoms with Crippen molar-refractivity contribution in [3.8, 4) is 17.6 Å². The summed E-state index contributed by atoms with van der Waals surface area (Å²) in [6, 6.07) is 8.80. The Hall–Kier alpha value is -2.84. The highest BCUT2D eigenvalue weighted by molar-refractivity contribution is 6.33. The first-order chi connectivity index (χ1) is 12.5. The molecule has 1 fully saturated rings. The van der Waals surface area contributed by atoms with E-state index in [9.17, 15) is 9.59 Å². The van der Waals surface area contributed by atoms with Crippen molar-refractivity contribution in [3.63, 3.8) is 0 Å². The van der Waals surface area contributed by atoms with Crippen molar-refractivity contribution >= 4 is 23.3 Å². The van der Waals surface area contributed by atoms with Crippen LogP contribution in [0.3, 0.4) is 0 Å². The molecule has 1 aliphatic heterocycles. The van der Waals surface area contributed by atoms with Crippen molar-refractivity contribution in [2.24, 2.45) is 0 Å². The van der Waals surface area contributed by atoms with E-state index in [2.05, 4.69) is 16.8 Å². The number of pyridine rings is 1. The number of nitrogens with zero attached hydrogens (tertiary/aromatic N) is 2. The summed E-state index contributed by atoms with van der Waals surface area (Å²) >= 11 is 6.38. The van der Waals surface area contributed by atoms with Crippen LogP contribution in [0.1, 0.15) is 29.7 Å². The normalized spacial score (nSPS) is 16.4. The average Bonchev–Trinajstić information content (AvgIpc) is 2.89. The lowest BCUT2D eigenvalue weighted by molar-refractivity contribution is -0.130. The molecular formula is C20H17ClN2O3. The number of aromatic nitrogens is 1. The maximum absolute atomic E-state index is 12.9. The van der Waals surface area contributed by atoms with Crippen molar-refractivity contribution in [2.45, 2.75) is 19.4 Å². The molecule has 132 valence electrons. The molecule has 0 N–H and O–H groups in total. The Labute approximate surface area is 156 Å². The Morgan fingerprint density at radius 2 is 2.15 bits per heavy atom. The first-order valence-electron chi connectivity index (χ1n) is 8.06. The molecule has 6 heteroatoms. The number of carbonyl (C=O) groups excluding carboxylic acids is 2. The number of carbonyl (C=O) groups is 2. The fraction of sp³-hybridized carbons (Fsp3) is 0.250. The minimum atomic E-state index is -0.968. The van der Waals surface area contributed by atoms with Crippen LogP contribution < -0.4 is 4.74 Å². The van der Waals surface area contributed by atoms with Gasteiger partial charge in [-0.05, 0) is 31.2 Å². The molecule has 26 heavy (non-hydrogen) atoms. The zero-order valence-electron chi connectivity index (χ0n) is 14.5. The van der Waals surface area contributed by atoms with Gasteiger partial charge in [0.2, 0.25) is 5.91 Å². The van der Waals surface area contributed by atoms with E-state index < -0.39 is 5.92 Å². The van der Waals surface area contributed by atoms with Gasteiger partial charge in [-0.1, -0.05) is 23.6 Å².